The molecule has 0 aromatic heterocycles. The van der Waals surface area contributed by atoms with Crippen LogP contribution < -0.4 is 4.52 Å². The summed E-state index contributed by atoms with van der Waals surface area (Å²) < 4.78 is 14.8. The molecule has 5 N–H and O–H groups in total. The molecule has 0 spiro atoms. The number of hydrogen-bond acceptors (Lipinski definition) is 8. The highest BCUT2D eigenvalue weighted by molar-refractivity contribution is 7.41. The summed E-state index contributed by atoms with van der Waals surface area (Å²) in [4.78, 5) is 27.1. The van der Waals surface area contributed by atoms with E-state index >= 15 is 0 Å². The predicted molar refractivity (Wildman–Crippen MR) is 76.1 cm³/mol. The Morgan fingerprint density at radius 2 is 1.48 bits per heavy atom. The van der Waals surface area contributed by atoms with Crippen LogP contribution in [0.1, 0.15) is 0 Å². The Bertz CT molecular complexity index is 387. The lowest BCUT2D eigenvalue weighted by Gasteiger charge is -2.29. The number of hydrogen-bond donors (Lipinski definition) is 5. The Kier molecular flexibility index (Phi) is 8.51. The van der Waals surface area contributed by atoms with Crippen LogP contribution in [0, 0.1) is 5.41 Å². The Labute approximate surface area is 124 Å². The highest BCUT2D eigenvalue weighted by Crippen LogP contribution is 2.37. The second kappa shape index (κ2) is 9.58. The second-order valence-corrected chi connectivity index (χ2v) is 5.94. The molecular weight excluding hydrogens is 322 g/mol. The van der Waals surface area contributed by atoms with Crippen molar-refractivity contribution in [3.8, 4) is 5.75 Å². The first-order chi connectivity index (χ1) is 10.0. The van der Waals surface area contributed by atoms with Crippen LogP contribution in [-0.2, 0) is 9.05 Å². The lowest BCUT2D eigenvalue weighted by atomic mass is 9.93. The van der Waals surface area contributed by atoms with Crippen molar-refractivity contribution < 1.29 is 38.5 Å². The van der Waals surface area contributed by atoms with Gasteiger partial charge in [0.2, 0.25) is 0 Å². The van der Waals surface area contributed by atoms with Crippen LogP contribution in [-0.4, -0.2) is 51.3 Å². The fourth-order valence-electron chi connectivity index (χ4n) is 1.26. The number of rotatable bonds is 10. The third kappa shape index (κ3) is 6.93. The molecule has 21 heavy (non-hydrogen) atoms. The van der Waals surface area contributed by atoms with Gasteiger partial charge in [0.15, 0.2) is 0 Å². The zero-order valence-corrected chi connectivity index (χ0v) is 12.9. The normalized spacial score (nSPS) is 13.4. The third-order valence-electron chi connectivity index (χ3n) is 2.56. The lowest BCUT2D eigenvalue weighted by molar-refractivity contribution is -0.0228. The van der Waals surface area contributed by atoms with E-state index in [0.29, 0.717) is 5.75 Å². The molecule has 0 heterocycles. The molecule has 1 aromatic rings. The predicted octanol–water partition coefficient (Wildman–Crippen LogP) is 0.500. The van der Waals surface area contributed by atoms with Gasteiger partial charge in [-0.3, -0.25) is 0 Å². The number of aliphatic hydroxyl groups excluding tert-OH is 2. The van der Waals surface area contributed by atoms with Gasteiger partial charge in [0, 0.05) is 0 Å². The van der Waals surface area contributed by atoms with Crippen molar-refractivity contribution in [1.82, 2.24) is 0 Å². The fraction of sp³-hybridized carbons (Fsp3) is 0.455. The van der Waals surface area contributed by atoms with E-state index in [1.165, 1.54) is 0 Å². The molecule has 10 heteroatoms. The summed E-state index contributed by atoms with van der Waals surface area (Å²) in [6.07, 6.45) is 0. The van der Waals surface area contributed by atoms with E-state index in [4.69, 9.17) is 18.8 Å². The van der Waals surface area contributed by atoms with Crippen molar-refractivity contribution in [3.05, 3.63) is 30.3 Å². The quantitative estimate of drug-likeness (QED) is 0.390. The topological polar surface area (TPSA) is 129 Å². The molecule has 8 nitrogen and oxygen atoms in total. The summed E-state index contributed by atoms with van der Waals surface area (Å²) in [7, 11) is -4.86. The maximum atomic E-state index is 9.66. The molecule has 0 amide bonds. The van der Waals surface area contributed by atoms with Crippen LogP contribution >= 0.6 is 17.2 Å². The SMILES string of the molecule is OCC(CO)(COP(O)O)COP(O)Oc1ccccc1. The van der Waals surface area contributed by atoms with Crippen LogP contribution in [0.5, 0.6) is 5.75 Å². The van der Waals surface area contributed by atoms with E-state index in [1.807, 2.05) is 0 Å². The van der Waals surface area contributed by atoms with Crippen LogP contribution in [0.25, 0.3) is 0 Å². The summed E-state index contributed by atoms with van der Waals surface area (Å²) in [6.45, 7) is -1.67. The molecule has 0 fully saturated rings. The first-order valence-corrected chi connectivity index (χ1v) is 8.18. The molecule has 0 aliphatic carbocycles. The molecule has 0 saturated heterocycles. The maximum absolute atomic E-state index is 9.66. The molecular formula is C11H18O8P2. The van der Waals surface area contributed by atoms with Crippen LogP contribution in [0.15, 0.2) is 30.3 Å². The van der Waals surface area contributed by atoms with Gasteiger partial charge in [-0.2, -0.15) is 0 Å². The summed E-state index contributed by atoms with van der Waals surface area (Å²) in [5.74, 6) is 0.412. The van der Waals surface area contributed by atoms with Gasteiger partial charge in [-0.15, -0.1) is 0 Å². The summed E-state index contributed by atoms with van der Waals surface area (Å²) in [6, 6.07) is 8.50. The Hall–Kier alpha value is -0.400. The summed E-state index contributed by atoms with van der Waals surface area (Å²) >= 11 is 0. The summed E-state index contributed by atoms with van der Waals surface area (Å²) in [5.41, 5.74) is -1.27. The van der Waals surface area contributed by atoms with Crippen molar-refractivity contribution >= 4 is 17.2 Å². The summed E-state index contributed by atoms with van der Waals surface area (Å²) in [5, 5.41) is 18.6. The van der Waals surface area contributed by atoms with Gasteiger partial charge in [0.25, 0.3) is 0 Å². The molecule has 1 atom stereocenters. The van der Waals surface area contributed by atoms with Crippen molar-refractivity contribution in [3.63, 3.8) is 0 Å². The van der Waals surface area contributed by atoms with E-state index < -0.39 is 35.8 Å². The van der Waals surface area contributed by atoms with Gasteiger partial charge < -0.3 is 38.5 Å². The molecule has 0 radical (unpaired) electrons. The number of aliphatic hydroxyl groups is 2. The average Bonchev–Trinajstić information content (AvgIpc) is 2.49. The third-order valence-corrected chi connectivity index (χ3v) is 3.64. The zero-order chi connectivity index (χ0) is 15.7. The molecule has 0 saturated carbocycles. The molecule has 0 aliphatic heterocycles. The van der Waals surface area contributed by atoms with Crippen molar-refractivity contribution in [1.29, 1.82) is 0 Å². The standard InChI is InChI=1S/C11H18O8P2/c12-6-11(7-13,8-17-20(14)15)9-18-21(16)19-10-4-2-1-3-5-10/h1-5,12-16H,6-9H2. The van der Waals surface area contributed by atoms with E-state index in [-0.39, 0.29) is 13.2 Å². The van der Waals surface area contributed by atoms with Crippen LogP contribution in [0.2, 0.25) is 0 Å². The molecule has 1 rings (SSSR count). The van der Waals surface area contributed by atoms with Gasteiger partial charge in [0.05, 0.1) is 31.8 Å². The molecule has 120 valence electrons. The largest absolute Gasteiger partial charge is 0.427 e. The Morgan fingerprint density at radius 1 is 0.905 bits per heavy atom. The zero-order valence-electron chi connectivity index (χ0n) is 11.1. The smallest absolute Gasteiger partial charge is 0.394 e. The molecule has 1 aromatic carbocycles. The minimum absolute atomic E-state index is 0.280. The van der Waals surface area contributed by atoms with Crippen molar-refractivity contribution in [2.45, 2.75) is 0 Å². The first kappa shape index (κ1) is 18.6. The second-order valence-electron chi connectivity index (χ2n) is 4.26. The van der Waals surface area contributed by atoms with Gasteiger partial charge in [0.1, 0.15) is 5.75 Å². The fourth-order valence-corrected chi connectivity index (χ4v) is 2.39. The highest BCUT2D eigenvalue weighted by atomic mass is 31.2. The van der Waals surface area contributed by atoms with E-state index in [2.05, 4.69) is 4.52 Å². The lowest BCUT2D eigenvalue weighted by Crippen LogP contribution is -2.39. The Morgan fingerprint density at radius 3 is 2.00 bits per heavy atom. The van der Waals surface area contributed by atoms with Gasteiger partial charge in [-0.05, 0) is 12.1 Å². The minimum Gasteiger partial charge on any atom is -0.427 e. The maximum Gasteiger partial charge on any atom is 0.394 e. The molecule has 0 bridgehead atoms. The van der Waals surface area contributed by atoms with Crippen LogP contribution in [0.4, 0.5) is 0 Å². The van der Waals surface area contributed by atoms with Gasteiger partial charge in [-0.25, -0.2) is 0 Å². The molecule has 0 aliphatic rings. The minimum atomic E-state index is -2.61. The average molecular weight is 340 g/mol. The van der Waals surface area contributed by atoms with Crippen molar-refractivity contribution in [2.75, 3.05) is 26.4 Å². The van der Waals surface area contributed by atoms with Gasteiger partial charge >= 0.3 is 17.2 Å². The van der Waals surface area contributed by atoms with E-state index in [1.54, 1.807) is 30.3 Å². The van der Waals surface area contributed by atoms with Crippen molar-refractivity contribution in [2.24, 2.45) is 5.41 Å². The highest BCUT2D eigenvalue weighted by Gasteiger charge is 2.32. The van der Waals surface area contributed by atoms with E-state index in [9.17, 15) is 15.1 Å². The van der Waals surface area contributed by atoms with E-state index in [0.717, 1.165) is 0 Å². The number of para-hydroxylation sites is 1. The van der Waals surface area contributed by atoms with Crippen LogP contribution in [0.3, 0.4) is 0 Å². The first-order valence-electron chi connectivity index (χ1n) is 5.89. The monoisotopic (exact) mass is 340 g/mol. The van der Waals surface area contributed by atoms with Gasteiger partial charge in [-0.1, -0.05) is 18.2 Å². The molecule has 1 unspecified atom stereocenters. The number of benzene rings is 1. The Balaban J connectivity index is 2.48.